The zero-order valence-corrected chi connectivity index (χ0v) is 59.0. The summed E-state index contributed by atoms with van der Waals surface area (Å²) < 4.78 is 12.6. The first-order chi connectivity index (χ1) is 52.6. The first-order valence-electron chi connectivity index (χ1n) is 36.3. The SMILES string of the molecule is c1ccc(-c2cccc(-c3ccccc3)c2N2c3cc4c(cc3B3c5ccccc5Oc5cc(N(c6ccccc6)c6cccc7sc8ccccc8c67)cc2c53)B2c3ccccc3N(c3ccccc3)c3cc(N(c5ccccc5)c5cccc6sc7ccccc7c56)cc(c32)N4c2ccccc2)cc1. The van der Waals surface area contributed by atoms with Crippen molar-refractivity contribution in [1.29, 1.82) is 0 Å². The Kier molecular flexibility index (Phi) is 13.8. The molecule has 0 fully saturated rings. The van der Waals surface area contributed by atoms with Gasteiger partial charge in [0, 0.05) is 114 Å². The van der Waals surface area contributed by atoms with Gasteiger partial charge < -0.3 is 29.2 Å². The lowest BCUT2D eigenvalue weighted by molar-refractivity contribution is 0.487. The van der Waals surface area contributed by atoms with Gasteiger partial charge in [0.05, 0.1) is 28.4 Å². The van der Waals surface area contributed by atoms with E-state index in [1.54, 1.807) is 0 Å². The van der Waals surface area contributed by atoms with Crippen molar-refractivity contribution in [2.24, 2.45) is 0 Å². The van der Waals surface area contributed by atoms with Gasteiger partial charge >= 0.3 is 0 Å². The number of para-hydroxylation sites is 7. The largest absolute Gasteiger partial charge is 0.458 e. The first-order valence-corrected chi connectivity index (χ1v) is 37.9. The van der Waals surface area contributed by atoms with Crippen molar-refractivity contribution in [2.75, 3.05) is 24.5 Å². The van der Waals surface area contributed by atoms with E-state index in [9.17, 15) is 0 Å². The molecule has 6 heterocycles. The van der Waals surface area contributed by atoms with Crippen molar-refractivity contribution in [1.82, 2.24) is 0 Å². The summed E-state index contributed by atoms with van der Waals surface area (Å²) in [6.07, 6.45) is 0. The van der Waals surface area contributed by atoms with Crippen LogP contribution >= 0.6 is 22.7 Å². The monoisotopic (exact) mass is 1390 g/mol. The number of hydrogen-bond donors (Lipinski definition) is 0. The zero-order chi connectivity index (χ0) is 69.5. The van der Waals surface area contributed by atoms with E-state index in [0.717, 1.165) is 130 Å². The molecule has 18 aromatic rings. The van der Waals surface area contributed by atoms with Crippen LogP contribution in [0.3, 0.4) is 0 Å². The van der Waals surface area contributed by atoms with E-state index >= 15 is 0 Å². The van der Waals surface area contributed by atoms with Crippen molar-refractivity contribution >= 4 is 195 Å². The predicted octanol–water partition coefficient (Wildman–Crippen LogP) is 23.2. The molecule has 22 rings (SSSR count). The summed E-state index contributed by atoms with van der Waals surface area (Å²) in [5.41, 5.74) is 27.6. The third-order valence-electron chi connectivity index (χ3n) is 22.0. The Morgan fingerprint density at radius 1 is 0.264 bits per heavy atom. The second-order valence-electron chi connectivity index (χ2n) is 27.8. The Bertz CT molecular complexity index is 6500. The van der Waals surface area contributed by atoms with E-state index in [2.05, 4.69) is 395 Å². The lowest BCUT2D eigenvalue weighted by atomic mass is 9.30. The zero-order valence-electron chi connectivity index (χ0n) is 57.3. The van der Waals surface area contributed by atoms with Gasteiger partial charge in [0.2, 0.25) is 0 Å². The van der Waals surface area contributed by atoms with E-state index in [-0.39, 0.29) is 13.4 Å². The summed E-state index contributed by atoms with van der Waals surface area (Å²) in [4.78, 5) is 12.8. The number of benzene rings is 16. The van der Waals surface area contributed by atoms with Crippen molar-refractivity contribution in [3.8, 4) is 33.8 Å². The van der Waals surface area contributed by atoms with E-state index in [4.69, 9.17) is 4.74 Å². The maximum absolute atomic E-state index is 7.63. The molecule has 4 aliphatic rings. The maximum atomic E-state index is 7.63. The number of anilines is 15. The Hall–Kier alpha value is -13.1. The highest BCUT2D eigenvalue weighted by molar-refractivity contribution is 7.26. The Balaban J connectivity index is 0.879. The van der Waals surface area contributed by atoms with E-state index in [0.29, 0.717) is 0 Å². The molecule has 0 spiro atoms. The van der Waals surface area contributed by atoms with Gasteiger partial charge in [0.1, 0.15) is 11.5 Å². The summed E-state index contributed by atoms with van der Waals surface area (Å²) >= 11 is 3.70. The fourth-order valence-electron chi connectivity index (χ4n) is 17.7. The fourth-order valence-corrected chi connectivity index (χ4v) is 19.9. The molecular formula is C96H61B2N5OS2. The molecule has 106 heavy (non-hydrogen) atoms. The molecule has 0 amide bonds. The van der Waals surface area contributed by atoms with Gasteiger partial charge in [-0.25, -0.2) is 0 Å². The molecule has 0 unspecified atom stereocenters. The lowest BCUT2D eigenvalue weighted by Crippen LogP contribution is -2.64. The normalized spacial score (nSPS) is 12.9. The molecule has 0 saturated carbocycles. The van der Waals surface area contributed by atoms with Crippen molar-refractivity contribution in [3.63, 3.8) is 0 Å². The molecule has 2 aromatic heterocycles. The maximum Gasteiger partial charge on any atom is 0.256 e. The number of thiophene rings is 2. The van der Waals surface area contributed by atoms with Crippen LogP contribution in [0.4, 0.5) is 85.3 Å². The molecule has 10 heteroatoms. The second-order valence-corrected chi connectivity index (χ2v) is 29.9. The van der Waals surface area contributed by atoms with Crippen LogP contribution < -0.4 is 62.0 Å². The highest BCUT2D eigenvalue weighted by atomic mass is 32.1. The van der Waals surface area contributed by atoms with Crippen LogP contribution in [0.15, 0.2) is 370 Å². The van der Waals surface area contributed by atoms with E-state index < -0.39 is 0 Å². The minimum Gasteiger partial charge on any atom is -0.458 e. The summed E-state index contributed by atoms with van der Waals surface area (Å²) in [5, 5.41) is 4.91. The first kappa shape index (κ1) is 60.5. The van der Waals surface area contributed by atoms with Gasteiger partial charge in [-0.15, -0.1) is 22.7 Å². The minimum atomic E-state index is -0.276. The third-order valence-corrected chi connectivity index (χ3v) is 24.3. The molecule has 16 aromatic carbocycles. The standard InChI is InChI=1S/C96H61B2N5OS2/c1-7-30-62(31-8-1)70-44-27-45-71(63-32-9-2-10-33-63)96(70)103-82-61-81-76(60-77(82)98-75-47-22-24-51-86(75)104-87-59-69(58-85(103)95(87)98)100(65-36-13-4-14-37-65)80-50-29-55-91-93(80)73-43-20-26-53-89(73)106-91)97-74-46-21-23-48-78(74)101(66-38-15-5-16-39-66)83-56-68(57-84(94(83)97)102(81)67-40-17-6-18-41-67)99(64-34-11-3-12-35-64)79-49-28-54-90-92(79)72-42-19-25-52-88(72)105-90/h1-61H. The quantitative estimate of drug-likeness (QED) is 0.120. The van der Waals surface area contributed by atoms with Crippen LogP contribution in [0.5, 0.6) is 11.5 Å². The number of hydrogen-bond acceptors (Lipinski definition) is 8. The average molecular weight is 1390 g/mol. The Labute approximate surface area is 623 Å². The smallest absolute Gasteiger partial charge is 0.256 e. The van der Waals surface area contributed by atoms with E-state index in [1.807, 2.05) is 22.7 Å². The van der Waals surface area contributed by atoms with Crippen LogP contribution in [-0.4, -0.2) is 13.4 Å². The molecule has 0 N–H and O–H groups in total. The Morgan fingerprint density at radius 3 is 1.24 bits per heavy atom. The molecule has 0 saturated heterocycles. The van der Waals surface area contributed by atoms with Gasteiger partial charge in [-0.3, -0.25) is 0 Å². The molecule has 0 atom stereocenters. The van der Waals surface area contributed by atoms with Crippen molar-refractivity contribution in [2.45, 2.75) is 0 Å². The van der Waals surface area contributed by atoms with E-state index in [1.165, 1.54) is 62.2 Å². The number of rotatable bonds is 11. The molecule has 494 valence electrons. The van der Waals surface area contributed by atoms with Crippen LogP contribution in [0, 0.1) is 0 Å². The van der Waals surface area contributed by atoms with Crippen LogP contribution in [0.25, 0.3) is 62.6 Å². The number of nitrogens with zero attached hydrogens (tertiary/aromatic N) is 5. The molecule has 6 nitrogen and oxygen atoms in total. The lowest BCUT2D eigenvalue weighted by Gasteiger charge is -2.47. The minimum absolute atomic E-state index is 0.233. The van der Waals surface area contributed by atoms with Crippen molar-refractivity contribution < 1.29 is 4.74 Å². The van der Waals surface area contributed by atoms with Gasteiger partial charge in [-0.2, -0.15) is 0 Å². The van der Waals surface area contributed by atoms with Gasteiger partial charge in [0.25, 0.3) is 13.4 Å². The summed E-state index contributed by atoms with van der Waals surface area (Å²) in [6.45, 7) is -0.508. The molecule has 4 aliphatic heterocycles. The molecular weight excluding hydrogens is 1320 g/mol. The van der Waals surface area contributed by atoms with Crippen LogP contribution in [0.1, 0.15) is 0 Å². The van der Waals surface area contributed by atoms with Crippen LogP contribution in [-0.2, 0) is 0 Å². The summed E-state index contributed by atoms with van der Waals surface area (Å²) in [6, 6.07) is 137. The average Bonchev–Trinajstić information content (AvgIpc) is 0.702. The summed E-state index contributed by atoms with van der Waals surface area (Å²) in [5.74, 6) is 1.65. The Morgan fingerprint density at radius 2 is 0.679 bits per heavy atom. The molecule has 0 bridgehead atoms. The van der Waals surface area contributed by atoms with Gasteiger partial charge in [-0.05, 0) is 165 Å². The summed E-state index contributed by atoms with van der Waals surface area (Å²) in [7, 11) is 0. The van der Waals surface area contributed by atoms with Crippen molar-refractivity contribution in [3.05, 3.63) is 370 Å². The van der Waals surface area contributed by atoms with Crippen LogP contribution in [0.2, 0.25) is 0 Å². The highest BCUT2D eigenvalue weighted by Gasteiger charge is 2.49. The topological polar surface area (TPSA) is 25.4 Å². The highest BCUT2D eigenvalue weighted by Crippen LogP contribution is 2.56. The second kappa shape index (κ2) is 24.3. The number of ether oxygens (including phenoxy) is 1. The fraction of sp³-hybridized carbons (Fsp3) is 0. The number of fused-ring (bicyclic) bond motifs is 14. The third kappa shape index (κ3) is 9.31. The molecule has 0 radical (unpaired) electrons. The van der Waals surface area contributed by atoms with Gasteiger partial charge in [-0.1, -0.05) is 243 Å². The molecule has 0 aliphatic carbocycles. The predicted molar refractivity (Wildman–Crippen MR) is 452 cm³/mol. The van der Waals surface area contributed by atoms with Gasteiger partial charge in [0.15, 0.2) is 0 Å².